The van der Waals surface area contributed by atoms with Crippen LogP contribution in [0.5, 0.6) is 0 Å². The van der Waals surface area contributed by atoms with Crippen molar-refractivity contribution in [2.75, 3.05) is 26.2 Å². The Morgan fingerprint density at radius 3 is 2.14 bits per heavy atom. The van der Waals surface area contributed by atoms with Crippen molar-refractivity contribution in [3.63, 3.8) is 0 Å². The lowest BCUT2D eigenvalue weighted by Gasteiger charge is -2.44. The van der Waals surface area contributed by atoms with Gasteiger partial charge in [0.25, 0.3) is 0 Å². The van der Waals surface area contributed by atoms with Crippen molar-refractivity contribution >= 4 is 0 Å². The maximum Gasteiger partial charge on any atom is 0.0846 e. The molecule has 1 aromatic rings. The number of rotatable bonds is 3. The van der Waals surface area contributed by atoms with Gasteiger partial charge in [-0.05, 0) is 51.3 Å². The summed E-state index contributed by atoms with van der Waals surface area (Å²) in [6.07, 6.45) is 6.48. The van der Waals surface area contributed by atoms with E-state index in [0.717, 1.165) is 25.9 Å². The molecule has 2 heterocycles. The predicted octanol–water partition coefficient (Wildman–Crippen LogP) is 3.38. The van der Waals surface area contributed by atoms with Gasteiger partial charge in [-0.1, -0.05) is 36.8 Å². The van der Waals surface area contributed by atoms with Crippen LogP contribution in [-0.2, 0) is 5.41 Å². The second-order valence-corrected chi connectivity index (χ2v) is 6.82. The Bertz CT molecular complexity index is 505. The van der Waals surface area contributed by atoms with Crippen molar-refractivity contribution in [3.8, 4) is 6.07 Å². The van der Waals surface area contributed by atoms with Crippen LogP contribution in [0.3, 0.4) is 0 Å². The summed E-state index contributed by atoms with van der Waals surface area (Å²) in [6.45, 7) is 6.87. The second-order valence-electron chi connectivity index (χ2n) is 6.82. The zero-order valence-corrected chi connectivity index (χ0v) is 13.7. The van der Waals surface area contributed by atoms with E-state index in [1.54, 1.807) is 0 Å². The molecule has 0 aliphatic carbocycles. The fourth-order valence-corrected chi connectivity index (χ4v) is 4.02. The molecule has 0 aromatic heterocycles. The van der Waals surface area contributed by atoms with E-state index in [2.05, 4.69) is 47.1 Å². The van der Waals surface area contributed by atoms with E-state index in [4.69, 9.17) is 0 Å². The van der Waals surface area contributed by atoms with Crippen LogP contribution in [0, 0.1) is 11.3 Å². The SMILES string of the molecule is CC(N1CCCCC1)N1CCC(C#N)(c2ccccc2)CC1. The van der Waals surface area contributed by atoms with Gasteiger partial charge in [-0.25, -0.2) is 0 Å². The van der Waals surface area contributed by atoms with E-state index < -0.39 is 0 Å². The van der Waals surface area contributed by atoms with Crippen molar-refractivity contribution < 1.29 is 0 Å². The summed E-state index contributed by atoms with van der Waals surface area (Å²) in [6, 6.07) is 13.0. The van der Waals surface area contributed by atoms with E-state index in [1.807, 2.05) is 6.07 Å². The van der Waals surface area contributed by atoms with E-state index in [1.165, 1.54) is 37.9 Å². The molecule has 22 heavy (non-hydrogen) atoms. The maximum absolute atomic E-state index is 9.79. The zero-order chi connectivity index (χ0) is 15.4. The average Bonchev–Trinajstić information content (AvgIpc) is 2.63. The van der Waals surface area contributed by atoms with E-state index in [-0.39, 0.29) is 5.41 Å². The fourth-order valence-electron chi connectivity index (χ4n) is 4.02. The Kier molecular flexibility index (Phi) is 4.81. The molecule has 2 fully saturated rings. The maximum atomic E-state index is 9.79. The molecule has 1 unspecified atom stereocenters. The molecule has 3 heteroatoms. The molecule has 3 nitrogen and oxygen atoms in total. The quantitative estimate of drug-likeness (QED) is 0.857. The molecule has 0 radical (unpaired) electrons. The molecular weight excluding hydrogens is 270 g/mol. The Balaban J connectivity index is 1.65. The van der Waals surface area contributed by atoms with Gasteiger partial charge in [0.05, 0.1) is 17.6 Å². The van der Waals surface area contributed by atoms with Crippen LogP contribution >= 0.6 is 0 Å². The molecule has 1 aromatic carbocycles. The van der Waals surface area contributed by atoms with Crippen LogP contribution in [0.4, 0.5) is 0 Å². The van der Waals surface area contributed by atoms with Gasteiger partial charge in [0, 0.05) is 13.1 Å². The van der Waals surface area contributed by atoms with E-state index in [9.17, 15) is 5.26 Å². The number of likely N-dealkylation sites (tertiary alicyclic amines) is 2. The van der Waals surface area contributed by atoms with Crippen LogP contribution in [0.1, 0.15) is 44.6 Å². The summed E-state index contributed by atoms with van der Waals surface area (Å²) in [5.74, 6) is 0. The second kappa shape index (κ2) is 6.81. The highest BCUT2D eigenvalue weighted by Crippen LogP contribution is 2.35. The number of benzene rings is 1. The third-order valence-electron chi connectivity index (χ3n) is 5.64. The van der Waals surface area contributed by atoms with E-state index >= 15 is 0 Å². The summed E-state index contributed by atoms with van der Waals surface area (Å²) in [7, 11) is 0. The summed E-state index contributed by atoms with van der Waals surface area (Å²) < 4.78 is 0. The van der Waals surface area contributed by atoms with Gasteiger partial charge in [0.15, 0.2) is 0 Å². The van der Waals surface area contributed by atoms with Crippen LogP contribution in [-0.4, -0.2) is 42.1 Å². The van der Waals surface area contributed by atoms with Gasteiger partial charge < -0.3 is 0 Å². The standard InChI is InChI=1S/C19H27N3/c1-17(21-12-6-3-7-13-21)22-14-10-19(16-20,11-15-22)18-8-4-2-5-9-18/h2,4-5,8-9,17H,3,6-7,10-15H2,1H3. The average molecular weight is 297 g/mol. The number of hydrogen-bond donors (Lipinski definition) is 0. The minimum atomic E-state index is -0.278. The lowest BCUT2D eigenvalue weighted by molar-refractivity contribution is 0.0195. The van der Waals surface area contributed by atoms with Crippen molar-refractivity contribution in [2.24, 2.45) is 0 Å². The monoisotopic (exact) mass is 297 g/mol. The molecule has 3 rings (SSSR count). The first-order valence-corrected chi connectivity index (χ1v) is 8.70. The highest BCUT2D eigenvalue weighted by atomic mass is 15.3. The fraction of sp³-hybridized carbons (Fsp3) is 0.632. The Morgan fingerprint density at radius 1 is 0.955 bits per heavy atom. The third-order valence-corrected chi connectivity index (χ3v) is 5.64. The van der Waals surface area contributed by atoms with Crippen molar-refractivity contribution in [2.45, 2.75) is 50.6 Å². The largest absolute Gasteiger partial charge is 0.288 e. The molecule has 0 spiro atoms. The van der Waals surface area contributed by atoms with Gasteiger partial charge in [-0.3, -0.25) is 9.80 Å². The summed E-state index contributed by atoms with van der Waals surface area (Å²) in [4.78, 5) is 5.19. The van der Waals surface area contributed by atoms with Crippen molar-refractivity contribution in [3.05, 3.63) is 35.9 Å². The highest BCUT2D eigenvalue weighted by Gasteiger charge is 2.38. The first-order chi connectivity index (χ1) is 10.7. The molecular formula is C19H27N3. The number of hydrogen-bond acceptors (Lipinski definition) is 3. The Morgan fingerprint density at radius 2 is 1.55 bits per heavy atom. The van der Waals surface area contributed by atoms with Crippen molar-refractivity contribution in [1.82, 2.24) is 9.80 Å². The third kappa shape index (κ3) is 3.04. The number of piperidine rings is 2. The zero-order valence-electron chi connectivity index (χ0n) is 13.7. The van der Waals surface area contributed by atoms with Crippen LogP contribution in [0.2, 0.25) is 0 Å². The van der Waals surface area contributed by atoms with E-state index in [0.29, 0.717) is 6.17 Å². The lowest BCUT2D eigenvalue weighted by atomic mass is 9.74. The molecule has 2 aliphatic heterocycles. The normalized spacial score (nSPS) is 24.5. The minimum Gasteiger partial charge on any atom is -0.288 e. The Labute approximate surface area is 134 Å². The van der Waals surface area contributed by atoms with Crippen LogP contribution in [0.15, 0.2) is 30.3 Å². The summed E-state index contributed by atoms with van der Waals surface area (Å²) >= 11 is 0. The molecule has 0 saturated carbocycles. The number of nitriles is 1. The molecule has 2 saturated heterocycles. The molecule has 2 aliphatic rings. The van der Waals surface area contributed by atoms with Gasteiger partial charge in [-0.15, -0.1) is 0 Å². The molecule has 0 amide bonds. The molecule has 1 atom stereocenters. The summed E-state index contributed by atoms with van der Waals surface area (Å²) in [5.41, 5.74) is 0.919. The first-order valence-electron chi connectivity index (χ1n) is 8.70. The summed E-state index contributed by atoms with van der Waals surface area (Å²) in [5, 5.41) is 9.79. The van der Waals surface area contributed by atoms with Gasteiger partial charge >= 0.3 is 0 Å². The molecule has 0 N–H and O–H groups in total. The molecule has 0 bridgehead atoms. The first kappa shape index (κ1) is 15.5. The minimum absolute atomic E-state index is 0.278. The van der Waals surface area contributed by atoms with Gasteiger partial charge in [0.1, 0.15) is 0 Å². The van der Waals surface area contributed by atoms with Gasteiger partial charge in [-0.2, -0.15) is 5.26 Å². The number of nitrogens with zero attached hydrogens (tertiary/aromatic N) is 3. The highest BCUT2D eigenvalue weighted by molar-refractivity contribution is 5.33. The van der Waals surface area contributed by atoms with Gasteiger partial charge in [0.2, 0.25) is 0 Å². The van der Waals surface area contributed by atoms with Crippen molar-refractivity contribution in [1.29, 1.82) is 5.26 Å². The smallest absolute Gasteiger partial charge is 0.0846 e. The van der Waals surface area contributed by atoms with Crippen LogP contribution in [0.25, 0.3) is 0 Å². The predicted molar refractivity (Wildman–Crippen MR) is 89.4 cm³/mol. The lowest BCUT2D eigenvalue weighted by Crippen LogP contribution is -2.53. The topological polar surface area (TPSA) is 30.3 Å². The Hall–Kier alpha value is -1.37. The van der Waals surface area contributed by atoms with Crippen LogP contribution < -0.4 is 0 Å². The molecule has 118 valence electrons.